The molecule has 7 aliphatic rings. The molecule has 1 heterocycles. The average molecular weight is 788 g/mol. The smallest absolute Gasteiger partial charge is 0.0502 e. The Morgan fingerprint density at radius 1 is 0.475 bits per heavy atom. The Labute approximate surface area is 356 Å². The highest BCUT2D eigenvalue weighted by atomic mass is 32.2. The third-order valence-electron chi connectivity index (χ3n) is 16.8. The van der Waals surface area contributed by atoms with Crippen molar-refractivity contribution in [3.8, 4) is 22.3 Å². The molecule has 6 aromatic carbocycles. The Morgan fingerprint density at radius 3 is 1.85 bits per heavy atom. The van der Waals surface area contributed by atoms with Crippen molar-refractivity contribution >= 4 is 28.8 Å². The van der Waals surface area contributed by atoms with E-state index in [9.17, 15) is 0 Å². The summed E-state index contributed by atoms with van der Waals surface area (Å²) in [5, 5.41) is 0. The first-order chi connectivity index (χ1) is 28.4. The van der Waals surface area contributed by atoms with Crippen molar-refractivity contribution < 1.29 is 0 Å². The molecule has 0 unspecified atom stereocenters. The second kappa shape index (κ2) is 12.5. The van der Waals surface area contributed by atoms with Crippen molar-refractivity contribution in [3.05, 3.63) is 161 Å². The number of nitrogens with zero attached hydrogens (tertiary/aromatic N) is 1. The van der Waals surface area contributed by atoms with Crippen LogP contribution in [-0.4, -0.2) is 0 Å². The van der Waals surface area contributed by atoms with E-state index in [0.29, 0.717) is 0 Å². The van der Waals surface area contributed by atoms with E-state index in [1.54, 1.807) is 11.1 Å². The van der Waals surface area contributed by atoms with E-state index < -0.39 is 0 Å². The van der Waals surface area contributed by atoms with E-state index in [2.05, 4.69) is 174 Å². The summed E-state index contributed by atoms with van der Waals surface area (Å²) < 4.78 is 0. The van der Waals surface area contributed by atoms with Gasteiger partial charge >= 0.3 is 0 Å². The molecule has 59 heavy (non-hydrogen) atoms. The number of hydrogen-bond donors (Lipinski definition) is 0. The Balaban J connectivity index is 0.996. The highest BCUT2D eigenvalue weighted by Crippen LogP contribution is 2.69. The van der Waals surface area contributed by atoms with Gasteiger partial charge in [0.05, 0.1) is 5.69 Å². The first-order valence-electron chi connectivity index (χ1n) is 22.6. The number of fused-ring (bicyclic) bond motifs is 6. The Kier molecular flexibility index (Phi) is 7.70. The quantitative estimate of drug-likeness (QED) is 0.175. The normalized spacial score (nSPS) is 26.7. The molecular weight excluding hydrogens is 731 g/mol. The second-order valence-electron chi connectivity index (χ2n) is 21.2. The average Bonchev–Trinajstić information content (AvgIpc) is 3.46. The van der Waals surface area contributed by atoms with Crippen LogP contribution in [0.1, 0.15) is 120 Å². The van der Waals surface area contributed by atoms with Gasteiger partial charge in [0.1, 0.15) is 0 Å². The van der Waals surface area contributed by atoms with E-state index in [0.717, 1.165) is 23.7 Å². The molecular formula is C57H57NS. The van der Waals surface area contributed by atoms with Gasteiger partial charge < -0.3 is 4.90 Å². The van der Waals surface area contributed by atoms with Crippen LogP contribution < -0.4 is 4.90 Å². The molecule has 1 spiro atoms. The summed E-state index contributed by atoms with van der Waals surface area (Å²) in [7, 11) is 0. The van der Waals surface area contributed by atoms with Crippen molar-refractivity contribution in [2.24, 2.45) is 23.7 Å². The molecule has 0 radical (unpaired) electrons. The SMILES string of the molecule is CC1(C)CCC(C)(C)c2c(N(c3ccc(-c4ccc5c(c4)C4(c6ccccc6S5)C5CC6CC(C5)CC4C6)cc3)c3ccc4c(c3)C(C)(C)c3ccccc3-4)cccc21. The van der Waals surface area contributed by atoms with Gasteiger partial charge in [0, 0.05) is 32.0 Å². The monoisotopic (exact) mass is 787 g/mol. The lowest BCUT2D eigenvalue weighted by molar-refractivity contribution is -0.0443. The largest absolute Gasteiger partial charge is 0.310 e. The zero-order valence-electron chi connectivity index (χ0n) is 35.7. The Hall–Kier alpha value is -4.53. The standard InChI is InChI=1S/C57H57NS/c1-54(2)26-27-55(3,4)53-47(54)15-11-16-50(53)58(42-23-24-44-43-12-7-8-13-45(43)56(5,6)48(44)34-42)41-21-18-37(19-22-41)38-20-25-52-49(33-38)57(46-14-9-10-17-51(46)59-52)39-29-35-28-36(31-39)32-40(57)30-35/h7-25,33-36,39-40H,26-32H2,1-6H3. The van der Waals surface area contributed by atoms with Gasteiger partial charge in [-0.1, -0.05) is 132 Å². The predicted octanol–water partition coefficient (Wildman–Crippen LogP) is 15.7. The molecule has 2 heteroatoms. The molecule has 0 aromatic heterocycles. The highest BCUT2D eigenvalue weighted by Gasteiger charge is 2.60. The molecule has 4 fully saturated rings. The topological polar surface area (TPSA) is 3.24 Å². The molecule has 0 saturated heterocycles. The minimum absolute atomic E-state index is 0.0551. The fourth-order valence-corrected chi connectivity index (χ4v) is 15.2. The minimum atomic E-state index is -0.0747. The van der Waals surface area contributed by atoms with Crippen LogP contribution in [-0.2, 0) is 21.7 Å². The molecule has 4 saturated carbocycles. The first kappa shape index (κ1) is 36.3. The van der Waals surface area contributed by atoms with Crippen LogP contribution in [0.5, 0.6) is 0 Å². The lowest BCUT2D eigenvalue weighted by Gasteiger charge is -2.63. The van der Waals surface area contributed by atoms with Crippen LogP contribution in [0, 0.1) is 23.7 Å². The molecule has 6 aliphatic carbocycles. The summed E-state index contributed by atoms with van der Waals surface area (Å²) in [5.41, 5.74) is 18.5. The predicted molar refractivity (Wildman–Crippen MR) is 248 cm³/mol. The van der Waals surface area contributed by atoms with Gasteiger partial charge in [-0.15, -0.1) is 0 Å². The van der Waals surface area contributed by atoms with E-state index in [-0.39, 0.29) is 21.7 Å². The maximum atomic E-state index is 2.64. The van der Waals surface area contributed by atoms with Crippen molar-refractivity contribution in [2.75, 3.05) is 4.90 Å². The van der Waals surface area contributed by atoms with Crippen LogP contribution in [0.2, 0.25) is 0 Å². The lowest BCUT2D eigenvalue weighted by atomic mass is 9.42. The number of rotatable bonds is 4. The van der Waals surface area contributed by atoms with E-state index in [1.807, 2.05) is 11.8 Å². The fourth-order valence-electron chi connectivity index (χ4n) is 14.0. The summed E-state index contributed by atoms with van der Waals surface area (Å²) in [6.07, 6.45) is 9.48. The van der Waals surface area contributed by atoms with Crippen LogP contribution in [0.4, 0.5) is 17.1 Å². The van der Waals surface area contributed by atoms with Gasteiger partial charge in [-0.3, -0.25) is 0 Å². The van der Waals surface area contributed by atoms with E-state index in [1.165, 1.54) is 116 Å². The highest BCUT2D eigenvalue weighted by molar-refractivity contribution is 7.99. The first-order valence-corrected chi connectivity index (χ1v) is 23.5. The lowest BCUT2D eigenvalue weighted by Crippen LogP contribution is -2.57. The Bertz CT molecular complexity index is 2660. The maximum Gasteiger partial charge on any atom is 0.0502 e. The van der Waals surface area contributed by atoms with Crippen molar-refractivity contribution in [3.63, 3.8) is 0 Å². The van der Waals surface area contributed by atoms with Gasteiger partial charge in [0.2, 0.25) is 0 Å². The van der Waals surface area contributed by atoms with Crippen LogP contribution in [0.25, 0.3) is 22.3 Å². The van der Waals surface area contributed by atoms with Gasteiger partial charge in [0.15, 0.2) is 0 Å². The van der Waals surface area contributed by atoms with Crippen LogP contribution >= 0.6 is 11.8 Å². The van der Waals surface area contributed by atoms with E-state index >= 15 is 0 Å². The van der Waals surface area contributed by atoms with Gasteiger partial charge in [0.25, 0.3) is 0 Å². The molecule has 0 N–H and O–H groups in total. The number of benzene rings is 6. The molecule has 0 amide bonds. The summed E-state index contributed by atoms with van der Waals surface area (Å²) in [5.74, 6) is 3.38. The third kappa shape index (κ3) is 5.11. The van der Waals surface area contributed by atoms with Gasteiger partial charge in [-0.2, -0.15) is 0 Å². The number of anilines is 3. The third-order valence-corrected chi connectivity index (χ3v) is 17.9. The van der Waals surface area contributed by atoms with E-state index in [4.69, 9.17) is 0 Å². The van der Waals surface area contributed by atoms with Crippen molar-refractivity contribution in [1.82, 2.24) is 0 Å². The summed E-state index contributed by atoms with van der Waals surface area (Å²) in [6, 6.07) is 50.1. The zero-order chi connectivity index (χ0) is 40.1. The summed E-state index contributed by atoms with van der Waals surface area (Å²) >= 11 is 2.01. The fraction of sp³-hybridized carbons (Fsp3) is 0.368. The van der Waals surface area contributed by atoms with Gasteiger partial charge in [-0.05, 0) is 184 Å². The van der Waals surface area contributed by atoms with Crippen LogP contribution in [0.15, 0.2) is 137 Å². The van der Waals surface area contributed by atoms with Gasteiger partial charge in [-0.25, -0.2) is 0 Å². The molecule has 1 aliphatic heterocycles. The Morgan fingerprint density at radius 2 is 1.08 bits per heavy atom. The minimum Gasteiger partial charge on any atom is -0.310 e. The van der Waals surface area contributed by atoms with Crippen molar-refractivity contribution in [2.45, 2.75) is 118 Å². The molecule has 296 valence electrons. The second-order valence-corrected chi connectivity index (χ2v) is 22.3. The summed E-state index contributed by atoms with van der Waals surface area (Å²) in [6.45, 7) is 14.6. The molecule has 13 rings (SSSR count). The number of hydrogen-bond acceptors (Lipinski definition) is 2. The molecule has 4 bridgehead atoms. The summed E-state index contributed by atoms with van der Waals surface area (Å²) in [4.78, 5) is 5.58. The zero-order valence-corrected chi connectivity index (χ0v) is 36.6. The molecule has 6 aromatic rings. The molecule has 1 nitrogen and oxygen atoms in total. The van der Waals surface area contributed by atoms with Crippen molar-refractivity contribution in [1.29, 1.82) is 0 Å². The molecule has 0 atom stereocenters. The van der Waals surface area contributed by atoms with Crippen LogP contribution in [0.3, 0.4) is 0 Å². The maximum absolute atomic E-state index is 2.64.